The van der Waals surface area contributed by atoms with Crippen molar-refractivity contribution in [3.05, 3.63) is 0 Å². The number of ether oxygens (including phenoxy) is 1. The fraction of sp³-hybridized carbons (Fsp3) is 0.938. The Kier molecular flexibility index (Phi) is 5.16. The van der Waals surface area contributed by atoms with E-state index >= 15 is 0 Å². The maximum Gasteiger partial charge on any atom is 0.158 e. The second-order valence-corrected chi connectivity index (χ2v) is 6.76. The van der Waals surface area contributed by atoms with E-state index in [1.165, 1.54) is 7.11 Å². The van der Waals surface area contributed by atoms with E-state index in [4.69, 9.17) is 4.74 Å². The first kappa shape index (κ1) is 15.9. The molecule has 5 unspecified atom stereocenters. The van der Waals surface area contributed by atoms with Gasteiger partial charge in [0.15, 0.2) is 6.17 Å². The second-order valence-electron chi connectivity index (χ2n) is 6.76. The topological polar surface area (TPSA) is 26.3 Å². The highest BCUT2D eigenvalue weighted by atomic mass is 19.2. The van der Waals surface area contributed by atoms with E-state index in [2.05, 4.69) is 6.92 Å². The van der Waals surface area contributed by atoms with Gasteiger partial charge in [-0.3, -0.25) is 4.79 Å². The first-order valence-electron chi connectivity index (χ1n) is 7.80. The van der Waals surface area contributed by atoms with Gasteiger partial charge >= 0.3 is 0 Å². The Bertz CT molecular complexity index is 339. The molecule has 0 aromatic carbocycles. The normalized spacial score (nSPS) is 46.1. The van der Waals surface area contributed by atoms with Crippen LogP contribution < -0.4 is 0 Å². The van der Waals surface area contributed by atoms with Gasteiger partial charge in [-0.1, -0.05) is 26.7 Å². The lowest BCUT2D eigenvalue weighted by atomic mass is 9.69. The minimum absolute atomic E-state index is 0.0471. The largest absolute Gasteiger partial charge is 0.378 e. The van der Waals surface area contributed by atoms with Gasteiger partial charge in [0, 0.05) is 13.0 Å². The van der Waals surface area contributed by atoms with Crippen molar-refractivity contribution >= 4 is 5.78 Å². The van der Waals surface area contributed by atoms with E-state index in [9.17, 15) is 13.6 Å². The van der Waals surface area contributed by atoms with Gasteiger partial charge in [0.2, 0.25) is 0 Å². The summed E-state index contributed by atoms with van der Waals surface area (Å²) >= 11 is 0. The van der Waals surface area contributed by atoms with Crippen LogP contribution in [0.5, 0.6) is 0 Å². The molecule has 0 radical (unpaired) electrons. The van der Waals surface area contributed by atoms with Gasteiger partial charge in [-0.25, -0.2) is 8.78 Å². The molecule has 2 nitrogen and oxygen atoms in total. The zero-order valence-corrected chi connectivity index (χ0v) is 12.6. The number of carbonyl (C=O) groups is 1. The van der Waals surface area contributed by atoms with E-state index in [0.29, 0.717) is 12.3 Å². The highest BCUT2D eigenvalue weighted by Gasteiger charge is 2.48. The van der Waals surface area contributed by atoms with Crippen LogP contribution in [-0.4, -0.2) is 31.3 Å². The minimum atomic E-state index is -1.71. The fourth-order valence-electron chi connectivity index (χ4n) is 3.84. The Morgan fingerprint density at radius 3 is 2.20 bits per heavy atom. The van der Waals surface area contributed by atoms with Crippen molar-refractivity contribution in [2.24, 2.45) is 23.7 Å². The molecule has 2 fully saturated rings. The molecule has 0 aliphatic heterocycles. The van der Waals surface area contributed by atoms with E-state index < -0.39 is 24.4 Å². The third-order valence-corrected chi connectivity index (χ3v) is 5.27. The van der Waals surface area contributed by atoms with Crippen molar-refractivity contribution in [3.8, 4) is 0 Å². The predicted molar refractivity (Wildman–Crippen MR) is 74.0 cm³/mol. The molecule has 0 saturated heterocycles. The summed E-state index contributed by atoms with van der Waals surface area (Å²) in [5.41, 5.74) is 0. The van der Waals surface area contributed by atoms with Gasteiger partial charge in [0.1, 0.15) is 12.0 Å². The van der Waals surface area contributed by atoms with Crippen LogP contribution in [0, 0.1) is 23.7 Å². The number of Topliss-reactive ketones (excluding diaryl/α,β-unsaturated/α-hetero) is 1. The van der Waals surface area contributed by atoms with E-state index in [0.717, 1.165) is 25.7 Å². The number of hydrogen-bond acceptors (Lipinski definition) is 2. The number of halogens is 2. The molecule has 4 heteroatoms. The summed E-state index contributed by atoms with van der Waals surface area (Å²) in [6.07, 6.45) is 0.0416. The number of ketones is 1. The smallest absolute Gasteiger partial charge is 0.158 e. The molecule has 0 amide bonds. The molecular weight excluding hydrogens is 262 g/mol. The van der Waals surface area contributed by atoms with Crippen LogP contribution in [0.2, 0.25) is 0 Å². The van der Waals surface area contributed by atoms with Crippen LogP contribution in [0.15, 0.2) is 0 Å². The second kappa shape index (κ2) is 6.50. The lowest BCUT2D eigenvalue weighted by molar-refractivity contribution is -0.141. The van der Waals surface area contributed by atoms with Crippen LogP contribution >= 0.6 is 0 Å². The molecule has 0 aromatic rings. The average Bonchev–Trinajstić information content (AvgIpc) is 2.43. The zero-order valence-electron chi connectivity index (χ0n) is 12.6. The van der Waals surface area contributed by atoms with Gasteiger partial charge in [0.25, 0.3) is 0 Å². The maximum atomic E-state index is 14.3. The van der Waals surface area contributed by atoms with Gasteiger partial charge in [-0.05, 0) is 31.1 Å². The first-order valence-corrected chi connectivity index (χ1v) is 7.80. The van der Waals surface area contributed by atoms with Crippen molar-refractivity contribution in [2.75, 3.05) is 7.11 Å². The van der Waals surface area contributed by atoms with Gasteiger partial charge in [-0.2, -0.15) is 0 Å². The summed E-state index contributed by atoms with van der Waals surface area (Å²) in [5, 5.41) is 0. The summed E-state index contributed by atoms with van der Waals surface area (Å²) in [6, 6.07) is 0. The molecule has 5 atom stereocenters. The van der Waals surface area contributed by atoms with Crippen molar-refractivity contribution in [3.63, 3.8) is 0 Å². The average molecular weight is 288 g/mol. The molecule has 0 N–H and O–H groups in total. The molecule has 2 aliphatic carbocycles. The molecule has 20 heavy (non-hydrogen) atoms. The maximum absolute atomic E-state index is 14.3. The summed E-state index contributed by atoms with van der Waals surface area (Å²) < 4.78 is 33.3. The number of carbonyl (C=O) groups excluding carboxylic acids is 1. The number of rotatable bonds is 3. The standard InChI is InChI=1S/C16H26F2O2/c1-9-4-6-11(7-5-9)16(19)13-10(2)8-12(20-3)14(17)15(13)18/h9-15H,4-8H2,1-3H3. The third-order valence-electron chi connectivity index (χ3n) is 5.27. The monoisotopic (exact) mass is 288 g/mol. The molecule has 2 saturated carbocycles. The summed E-state index contributed by atoms with van der Waals surface area (Å²) in [4.78, 5) is 12.6. The number of alkyl halides is 2. The van der Waals surface area contributed by atoms with E-state index in [1.807, 2.05) is 6.92 Å². The van der Waals surface area contributed by atoms with Crippen molar-refractivity contribution in [1.82, 2.24) is 0 Å². The van der Waals surface area contributed by atoms with Gasteiger partial charge < -0.3 is 4.74 Å². The molecular formula is C16H26F2O2. The molecule has 2 rings (SSSR count). The first-order chi connectivity index (χ1) is 9.45. The predicted octanol–water partition coefficient (Wildman–Crippen LogP) is 3.73. The fourth-order valence-corrected chi connectivity index (χ4v) is 3.84. The molecule has 2 aliphatic rings. The minimum Gasteiger partial charge on any atom is -0.378 e. The van der Waals surface area contributed by atoms with Crippen molar-refractivity contribution in [1.29, 1.82) is 0 Å². The van der Waals surface area contributed by atoms with Crippen molar-refractivity contribution < 1.29 is 18.3 Å². The quantitative estimate of drug-likeness (QED) is 0.791. The zero-order chi connectivity index (χ0) is 14.9. The van der Waals surface area contributed by atoms with Crippen LogP contribution in [0.3, 0.4) is 0 Å². The Hall–Kier alpha value is -0.510. The summed E-state index contributed by atoms with van der Waals surface area (Å²) in [5.74, 6) is -0.392. The molecule has 0 aromatic heterocycles. The summed E-state index contributed by atoms with van der Waals surface area (Å²) in [7, 11) is 1.40. The lowest BCUT2D eigenvalue weighted by Gasteiger charge is -2.40. The molecule has 0 heterocycles. The van der Waals surface area contributed by atoms with Crippen molar-refractivity contribution in [2.45, 2.75) is 64.4 Å². The van der Waals surface area contributed by atoms with Gasteiger partial charge in [-0.15, -0.1) is 0 Å². The highest BCUT2D eigenvalue weighted by Crippen LogP contribution is 2.40. The van der Waals surface area contributed by atoms with Gasteiger partial charge in [0.05, 0.1) is 12.0 Å². The Morgan fingerprint density at radius 2 is 1.65 bits per heavy atom. The Morgan fingerprint density at radius 1 is 1.05 bits per heavy atom. The van der Waals surface area contributed by atoms with E-state index in [1.54, 1.807) is 0 Å². The van der Waals surface area contributed by atoms with Crippen LogP contribution in [0.25, 0.3) is 0 Å². The molecule has 0 spiro atoms. The molecule has 0 bridgehead atoms. The number of hydrogen-bond donors (Lipinski definition) is 0. The van der Waals surface area contributed by atoms with Crippen LogP contribution in [0.1, 0.15) is 46.0 Å². The third kappa shape index (κ3) is 3.05. The highest BCUT2D eigenvalue weighted by molar-refractivity contribution is 5.84. The summed E-state index contributed by atoms with van der Waals surface area (Å²) in [6.45, 7) is 4.03. The van der Waals surface area contributed by atoms with E-state index in [-0.39, 0.29) is 17.6 Å². The Balaban J connectivity index is 2.05. The van der Waals surface area contributed by atoms with Crippen LogP contribution in [0.4, 0.5) is 8.78 Å². The number of methoxy groups -OCH3 is 1. The van der Waals surface area contributed by atoms with Crippen LogP contribution in [-0.2, 0) is 9.53 Å². The Labute approximate surface area is 120 Å². The molecule has 116 valence electrons. The lowest BCUT2D eigenvalue weighted by Crippen LogP contribution is -2.50. The SMILES string of the molecule is COC1CC(C)C(C(=O)C2CCC(C)CC2)C(F)C1F.